The number of nitrogens with one attached hydrogen (secondary N) is 2. The van der Waals surface area contributed by atoms with Crippen LogP contribution in [0.4, 0.5) is 10.1 Å². The minimum Gasteiger partial charge on any atom is -0.507 e. The zero-order valence-corrected chi connectivity index (χ0v) is 14.6. The molecule has 2 amide bonds. The van der Waals surface area contributed by atoms with Crippen LogP contribution in [0.5, 0.6) is 5.75 Å². The first-order valence-corrected chi connectivity index (χ1v) is 8.10. The minimum atomic E-state index is -0.537. The second kappa shape index (κ2) is 8.93. The molecule has 0 spiro atoms. The van der Waals surface area contributed by atoms with E-state index in [4.69, 9.17) is 0 Å². The van der Waals surface area contributed by atoms with E-state index < -0.39 is 17.6 Å². The van der Waals surface area contributed by atoms with Gasteiger partial charge in [-0.15, -0.1) is 0 Å². The van der Waals surface area contributed by atoms with E-state index in [2.05, 4.69) is 31.8 Å². The molecule has 0 aliphatic carbocycles. The van der Waals surface area contributed by atoms with Crippen LogP contribution >= 0.6 is 15.9 Å². The van der Waals surface area contributed by atoms with Gasteiger partial charge in [-0.2, -0.15) is 5.10 Å². The van der Waals surface area contributed by atoms with Gasteiger partial charge < -0.3 is 10.4 Å². The highest BCUT2D eigenvalue weighted by molar-refractivity contribution is 9.10. The standard InChI is InChI=1S/C17H15BrFN3O3/c18-12-9-11(5-6-15(12)23)10-20-22-17(25)8-7-16(24)21-14-4-2-1-3-13(14)19/h1-6,9-10,23H,7-8H2,(H,21,24)(H,22,25). The molecule has 25 heavy (non-hydrogen) atoms. The smallest absolute Gasteiger partial charge is 0.240 e. The Morgan fingerprint density at radius 2 is 1.88 bits per heavy atom. The van der Waals surface area contributed by atoms with Gasteiger partial charge >= 0.3 is 0 Å². The van der Waals surface area contributed by atoms with E-state index in [1.54, 1.807) is 18.2 Å². The Kier molecular flexibility index (Phi) is 6.64. The highest BCUT2D eigenvalue weighted by atomic mass is 79.9. The number of carbonyl (C=O) groups excluding carboxylic acids is 2. The van der Waals surface area contributed by atoms with Crippen LogP contribution in [-0.2, 0) is 9.59 Å². The Hall–Kier alpha value is -2.74. The van der Waals surface area contributed by atoms with E-state index in [-0.39, 0.29) is 24.3 Å². The molecule has 0 aliphatic heterocycles. The number of amides is 2. The number of nitrogens with zero attached hydrogens (tertiary/aromatic N) is 1. The molecule has 8 heteroatoms. The number of hydrazone groups is 1. The van der Waals surface area contributed by atoms with Gasteiger partial charge in [0.15, 0.2) is 0 Å². The molecular weight excluding hydrogens is 393 g/mol. The summed E-state index contributed by atoms with van der Waals surface area (Å²) in [5, 5.41) is 15.5. The van der Waals surface area contributed by atoms with Gasteiger partial charge in [0.25, 0.3) is 0 Å². The summed E-state index contributed by atoms with van der Waals surface area (Å²) in [5.41, 5.74) is 3.04. The molecule has 0 unspecified atom stereocenters. The monoisotopic (exact) mass is 407 g/mol. The molecule has 2 aromatic rings. The Morgan fingerprint density at radius 1 is 1.16 bits per heavy atom. The molecule has 0 saturated carbocycles. The van der Waals surface area contributed by atoms with E-state index in [0.29, 0.717) is 10.0 Å². The normalized spacial score (nSPS) is 10.6. The molecule has 0 bridgehead atoms. The summed E-state index contributed by atoms with van der Waals surface area (Å²) >= 11 is 3.17. The van der Waals surface area contributed by atoms with Crippen LogP contribution in [-0.4, -0.2) is 23.1 Å². The van der Waals surface area contributed by atoms with Gasteiger partial charge in [0.1, 0.15) is 11.6 Å². The van der Waals surface area contributed by atoms with Crippen LogP contribution in [0.3, 0.4) is 0 Å². The zero-order chi connectivity index (χ0) is 18.2. The summed E-state index contributed by atoms with van der Waals surface area (Å²) in [7, 11) is 0. The Bertz CT molecular complexity index is 811. The lowest BCUT2D eigenvalue weighted by molar-refractivity contribution is -0.124. The van der Waals surface area contributed by atoms with Gasteiger partial charge in [-0.05, 0) is 51.8 Å². The van der Waals surface area contributed by atoms with Crippen LogP contribution < -0.4 is 10.7 Å². The Balaban J connectivity index is 1.76. The number of phenols is 1. The first-order chi connectivity index (χ1) is 12.0. The van der Waals surface area contributed by atoms with E-state index >= 15 is 0 Å². The Morgan fingerprint density at radius 3 is 2.60 bits per heavy atom. The number of hydrogen-bond donors (Lipinski definition) is 3. The number of anilines is 1. The van der Waals surface area contributed by atoms with Crippen molar-refractivity contribution in [3.63, 3.8) is 0 Å². The van der Waals surface area contributed by atoms with E-state index in [0.717, 1.165) is 0 Å². The number of carbonyl (C=O) groups is 2. The number of rotatable bonds is 6. The first-order valence-electron chi connectivity index (χ1n) is 7.30. The Labute approximate surface area is 151 Å². The quantitative estimate of drug-likeness (QED) is 0.507. The number of halogens is 2. The molecular formula is C17H15BrFN3O3. The summed E-state index contributed by atoms with van der Waals surface area (Å²) < 4.78 is 13.9. The van der Waals surface area contributed by atoms with E-state index in [1.807, 2.05) is 0 Å². The lowest BCUT2D eigenvalue weighted by atomic mass is 10.2. The third-order valence-electron chi connectivity index (χ3n) is 3.10. The predicted octanol–water partition coefficient (Wildman–Crippen LogP) is 3.16. The van der Waals surface area contributed by atoms with E-state index in [1.165, 1.54) is 30.5 Å². The van der Waals surface area contributed by atoms with Crippen molar-refractivity contribution in [3.8, 4) is 5.75 Å². The summed E-state index contributed by atoms with van der Waals surface area (Å²) in [6.45, 7) is 0. The van der Waals surface area contributed by atoms with Crippen molar-refractivity contribution < 1.29 is 19.1 Å². The molecule has 0 fully saturated rings. The van der Waals surface area contributed by atoms with Crippen molar-refractivity contribution in [2.75, 3.05) is 5.32 Å². The number of hydrogen-bond acceptors (Lipinski definition) is 4. The molecule has 3 N–H and O–H groups in total. The molecule has 0 heterocycles. The number of phenolic OH excluding ortho intramolecular Hbond substituents is 1. The van der Waals surface area contributed by atoms with Crippen LogP contribution in [0.15, 0.2) is 52.0 Å². The van der Waals surface area contributed by atoms with Gasteiger partial charge in [0.05, 0.1) is 16.4 Å². The molecule has 0 radical (unpaired) electrons. The number of para-hydroxylation sites is 1. The van der Waals surface area contributed by atoms with Crippen LogP contribution in [0, 0.1) is 5.82 Å². The largest absolute Gasteiger partial charge is 0.507 e. The molecule has 0 saturated heterocycles. The number of benzene rings is 2. The van der Waals surface area contributed by atoms with Crippen molar-refractivity contribution in [1.29, 1.82) is 0 Å². The fourth-order valence-corrected chi connectivity index (χ4v) is 2.24. The SMILES string of the molecule is O=C(CCC(=O)Nc1ccccc1F)NN=Cc1ccc(O)c(Br)c1. The zero-order valence-electron chi connectivity index (χ0n) is 13.0. The van der Waals surface area contributed by atoms with Crippen LogP contribution in [0.1, 0.15) is 18.4 Å². The van der Waals surface area contributed by atoms with E-state index in [9.17, 15) is 19.1 Å². The minimum absolute atomic E-state index is 0.0730. The molecule has 0 aliphatic rings. The highest BCUT2D eigenvalue weighted by Gasteiger charge is 2.09. The summed E-state index contributed by atoms with van der Waals surface area (Å²) in [4.78, 5) is 23.4. The molecule has 2 rings (SSSR count). The maximum atomic E-state index is 13.4. The van der Waals surface area contributed by atoms with Crippen LogP contribution in [0.2, 0.25) is 0 Å². The summed E-state index contributed by atoms with van der Waals surface area (Å²) in [6, 6.07) is 10.5. The third-order valence-corrected chi connectivity index (χ3v) is 3.74. The molecule has 130 valence electrons. The first kappa shape index (κ1) is 18.6. The molecule has 0 aromatic heterocycles. The summed E-state index contributed by atoms with van der Waals surface area (Å²) in [5.74, 6) is -1.35. The second-order valence-electron chi connectivity index (χ2n) is 5.03. The maximum absolute atomic E-state index is 13.4. The van der Waals surface area contributed by atoms with Gasteiger partial charge in [-0.3, -0.25) is 9.59 Å². The van der Waals surface area contributed by atoms with Crippen LogP contribution in [0.25, 0.3) is 0 Å². The van der Waals surface area contributed by atoms with Crippen molar-refractivity contribution in [1.82, 2.24) is 5.43 Å². The van der Waals surface area contributed by atoms with Gasteiger partial charge in [-0.25, -0.2) is 9.82 Å². The average molecular weight is 408 g/mol. The molecule has 6 nitrogen and oxygen atoms in total. The average Bonchev–Trinajstić information content (AvgIpc) is 2.58. The number of aromatic hydroxyl groups is 1. The van der Waals surface area contributed by atoms with Gasteiger partial charge in [-0.1, -0.05) is 12.1 Å². The molecule has 2 aromatic carbocycles. The second-order valence-corrected chi connectivity index (χ2v) is 5.89. The topological polar surface area (TPSA) is 90.8 Å². The molecule has 0 atom stereocenters. The van der Waals surface area contributed by atoms with Crippen molar-refractivity contribution in [2.24, 2.45) is 5.10 Å². The third kappa shape index (κ3) is 6.00. The van der Waals surface area contributed by atoms with Crippen molar-refractivity contribution >= 4 is 39.6 Å². The fourth-order valence-electron chi connectivity index (χ4n) is 1.84. The summed E-state index contributed by atoms with van der Waals surface area (Å²) in [6.07, 6.45) is 1.22. The highest BCUT2D eigenvalue weighted by Crippen LogP contribution is 2.23. The lowest BCUT2D eigenvalue weighted by Gasteiger charge is -2.05. The van der Waals surface area contributed by atoms with Gasteiger partial charge in [0, 0.05) is 12.8 Å². The maximum Gasteiger partial charge on any atom is 0.240 e. The van der Waals surface area contributed by atoms with Crippen molar-refractivity contribution in [2.45, 2.75) is 12.8 Å². The van der Waals surface area contributed by atoms with Crippen molar-refractivity contribution in [3.05, 3.63) is 58.3 Å². The fraction of sp³-hybridized carbons (Fsp3) is 0.118. The predicted molar refractivity (Wildman–Crippen MR) is 95.8 cm³/mol. The lowest BCUT2D eigenvalue weighted by Crippen LogP contribution is -2.20. The van der Waals surface area contributed by atoms with Gasteiger partial charge in [0.2, 0.25) is 11.8 Å².